The average Bonchev–Trinajstić information content (AvgIpc) is 2.47. The first kappa shape index (κ1) is 14.4. The van der Waals surface area contributed by atoms with Crippen LogP contribution in [0.25, 0.3) is 0 Å². The first-order valence-corrected chi connectivity index (χ1v) is 6.74. The van der Waals surface area contributed by atoms with Crippen molar-refractivity contribution < 1.29 is 9.47 Å². The van der Waals surface area contributed by atoms with E-state index in [1.165, 1.54) is 5.56 Å². The van der Waals surface area contributed by atoms with E-state index in [-0.39, 0.29) is 6.04 Å². The molecule has 0 amide bonds. The Hall–Kier alpha value is -2.00. The molecule has 106 valence electrons. The number of benzene rings is 2. The molecule has 0 aliphatic rings. The van der Waals surface area contributed by atoms with Gasteiger partial charge in [-0.15, -0.1) is 0 Å². The van der Waals surface area contributed by atoms with Crippen molar-refractivity contribution in [2.75, 3.05) is 14.2 Å². The molecule has 2 aromatic rings. The zero-order chi connectivity index (χ0) is 14.4. The van der Waals surface area contributed by atoms with Crippen molar-refractivity contribution >= 4 is 0 Å². The Morgan fingerprint density at radius 3 is 2.30 bits per heavy atom. The van der Waals surface area contributed by atoms with Crippen LogP contribution < -0.4 is 15.2 Å². The summed E-state index contributed by atoms with van der Waals surface area (Å²) in [7, 11) is 3.30. The molecule has 2 aromatic carbocycles. The number of nitrogens with two attached hydrogens (primary N) is 1. The van der Waals surface area contributed by atoms with Gasteiger partial charge in [-0.3, -0.25) is 0 Å². The van der Waals surface area contributed by atoms with E-state index in [1.54, 1.807) is 14.2 Å². The van der Waals surface area contributed by atoms with E-state index in [2.05, 4.69) is 12.1 Å². The molecule has 3 heteroatoms. The maximum Gasteiger partial charge on any atom is 0.163 e. The topological polar surface area (TPSA) is 44.5 Å². The van der Waals surface area contributed by atoms with Crippen LogP contribution in [0.1, 0.15) is 11.1 Å². The van der Waals surface area contributed by atoms with Crippen molar-refractivity contribution in [1.29, 1.82) is 0 Å². The molecule has 3 nitrogen and oxygen atoms in total. The lowest BCUT2D eigenvalue weighted by atomic mass is 9.99. The van der Waals surface area contributed by atoms with Crippen LogP contribution in [0, 0.1) is 0 Å². The number of hydrogen-bond donors (Lipinski definition) is 1. The monoisotopic (exact) mass is 271 g/mol. The summed E-state index contributed by atoms with van der Waals surface area (Å²) < 4.78 is 10.7. The summed E-state index contributed by atoms with van der Waals surface area (Å²) in [5, 5.41) is 0. The summed E-state index contributed by atoms with van der Waals surface area (Å²) in [5.41, 5.74) is 8.59. The average molecular weight is 271 g/mol. The summed E-state index contributed by atoms with van der Waals surface area (Å²) in [4.78, 5) is 0. The molecule has 0 spiro atoms. The Labute approximate surface area is 120 Å². The molecule has 0 bridgehead atoms. The molecular formula is C17H21NO2. The van der Waals surface area contributed by atoms with Crippen LogP contribution in [0.2, 0.25) is 0 Å². The van der Waals surface area contributed by atoms with Crippen LogP contribution in [0.4, 0.5) is 0 Å². The molecule has 0 fully saturated rings. The molecular weight excluding hydrogens is 250 g/mol. The van der Waals surface area contributed by atoms with Gasteiger partial charge in [-0.2, -0.15) is 0 Å². The minimum atomic E-state index is 0.0541. The molecule has 2 rings (SSSR count). The van der Waals surface area contributed by atoms with Gasteiger partial charge in [0.1, 0.15) is 0 Å². The van der Waals surface area contributed by atoms with Gasteiger partial charge >= 0.3 is 0 Å². The Bertz CT molecular complexity index is 540. The second-order valence-corrected chi connectivity index (χ2v) is 4.81. The van der Waals surface area contributed by atoms with E-state index < -0.39 is 0 Å². The van der Waals surface area contributed by atoms with Gasteiger partial charge in [0.15, 0.2) is 11.5 Å². The van der Waals surface area contributed by atoms with Crippen molar-refractivity contribution in [1.82, 2.24) is 0 Å². The fraction of sp³-hybridized carbons (Fsp3) is 0.294. The maximum absolute atomic E-state index is 6.26. The first-order valence-electron chi connectivity index (χ1n) is 6.74. The summed E-state index contributed by atoms with van der Waals surface area (Å²) in [6, 6.07) is 16.2. The van der Waals surface area contributed by atoms with Crippen molar-refractivity contribution in [3.63, 3.8) is 0 Å². The van der Waals surface area contributed by atoms with Gasteiger partial charge < -0.3 is 15.2 Å². The van der Waals surface area contributed by atoms with E-state index >= 15 is 0 Å². The molecule has 2 N–H and O–H groups in total. The van der Waals surface area contributed by atoms with Crippen molar-refractivity contribution in [2.45, 2.75) is 18.9 Å². The highest BCUT2D eigenvalue weighted by molar-refractivity contribution is 5.47. The van der Waals surface area contributed by atoms with Gasteiger partial charge in [-0.1, -0.05) is 42.5 Å². The van der Waals surface area contributed by atoms with E-state index in [9.17, 15) is 0 Å². The van der Waals surface area contributed by atoms with E-state index in [1.807, 2.05) is 36.4 Å². The third-order valence-electron chi connectivity index (χ3n) is 3.31. The molecule has 20 heavy (non-hydrogen) atoms. The SMILES string of the molecule is COc1cccc(CC(N)Cc2ccccc2)c1OC. The first-order chi connectivity index (χ1) is 9.74. The van der Waals surface area contributed by atoms with Gasteiger partial charge in [-0.05, 0) is 30.0 Å². The summed E-state index contributed by atoms with van der Waals surface area (Å²) >= 11 is 0. The highest BCUT2D eigenvalue weighted by Gasteiger charge is 2.13. The number of rotatable bonds is 6. The summed E-state index contributed by atoms with van der Waals surface area (Å²) in [5.74, 6) is 1.52. The number of hydrogen-bond acceptors (Lipinski definition) is 3. The maximum atomic E-state index is 6.26. The molecule has 1 unspecified atom stereocenters. The Morgan fingerprint density at radius 2 is 1.65 bits per heavy atom. The highest BCUT2D eigenvalue weighted by atomic mass is 16.5. The number of ether oxygens (including phenoxy) is 2. The van der Waals surface area contributed by atoms with Gasteiger partial charge in [0.25, 0.3) is 0 Å². The smallest absolute Gasteiger partial charge is 0.163 e. The number of methoxy groups -OCH3 is 2. The Balaban J connectivity index is 2.09. The van der Waals surface area contributed by atoms with Gasteiger partial charge in [-0.25, -0.2) is 0 Å². The van der Waals surface area contributed by atoms with Crippen LogP contribution in [0.3, 0.4) is 0 Å². The third-order valence-corrected chi connectivity index (χ3v) is 3.31. The molecule has 0 saturated carbocycles. The largest absolute Gasteiger partial charge is 0.493 e. The molecule has 0 aromatic heterocycles. The summed E-state index contributed by atoms with van der Waals surface area (Å²) in [6.45, 7) is 0. The second kappa shape index (κ2) is 6.96. The lowest BCUT2D eigenvalue weighted by molar-refractivity contribution is 0.351. The van der Waals surface area contributed by atoms with Gasteiger partial charge in [0.2, 0.25) is 0 Å². The van der Waals surface area contributed by atoms with E-state index in [0.717, 1.165) is 29.9 Å². The molecule has 0 saturated heterocycles. The predicted molar refractivity (Wildman–Crippen MR) is 81.4 cm³/mol. The minimum absolute atomic E-state index is 0.0541. The van der Waals surface area contributed by atoms with Crippen molar-refractivity contribution in [3.05, 3.63) is 59.7 Å². The van der Waals surface area contributed by atoms with Gasteiger partial charge in [0.05, 0.1) is 14.2 Å². The molecule has 0 aliphatic heterocycles. The van der Waals surface area contributed by atoms with E-state index in [4.69, 9.17) is 15.2 Å². The lowest BCUT2D eigenvalue weighted by Gasteiger charge is -2.16. The normalized spacial score (nSPS) is 11.9. The van der Waals surface area contributed by atoms with Crippen LogP contribution in [-0.2, 0) is 12.8 Å². The highest BCUT2D eigenvalue weighted by Crippen LogP contribution is 2.31. The Morgan fingerprint density at radius 1 is 0.900 bits per heavy atom. The van der Waals surface area contributed by atoms with Crippen molar-refractivity contribution in [2.24, 2.45) is 5.73 Å². The third kappa shape index (κ3) is 3.52. The van der Waals surface area contributed by atoms with Crippen LogP contribution in [0.5, 0.6) is 11.5 Å². The zero-order valence-electron chi connectivity index (χ0n) is 12.0. The minimum Gasteiger partial charge on any atom is -0.493 e. The summed E-state index contributed by atoms with van der Waals surface area (Å²) in [6.07, 6.45) is 1.61. The standard InChI is InChI=1S/C17H21NO2/c1-19-16-10-6-9-14(17(16)20-2)12-15(18)11-13-7-4-3-5-8-13/h3-10,15H,11-12,18H2,1-2H3. The lowest BCUT2D eigenvalue weighted by Crippen LogP contribution is -2.25. The van der Waals surface area contributed by atoms with E-state index in [0.29, 0.717) is 0 Å². The molecule has 0 heterocycles. The predicted octanol–water partition coefficient (Wildman–Crippen LogP) is 2.82. The molecule has 0 radical (unpaired) electrons. The Kier molecular flexibility index (Phi) is 5.02. The molecule has 1 atom stereocenters. The molecule has 0 aliphatic carbocycles. The fourth-order valence-corrected chi connectivity index (χ4v) is 2.39. The van der Waals surface area contributed by atoms with Gasteiger partial charge in [0, 0.05) is 6.04 Å². The van der Waals surface area contributed by atoms with Crippen LogP contribution >= 0.6 is 0 Å². The van der Waals surface area contributed by atoms with Crippen molar-refractivity contribution in [3.8, 4) is 11.5 Å². The second-order valence-electron chi connectivity index (χ2n) is 4.81. The fourth-order valence-electron chi connectivity index (χ4n) is 2.39. The number of para-hydroxylation sites is 1. The van der Waals surface area contributed by atoms with Crippen LogP contribution in [-0.4, -0.2) is 20.3 Å². The quantitative estimate of drug-likeness (QED) is 0.878. The zero-order valence-corrected chi connectivity index (χ0v) is 12.0. The van der Waals surface area contributed by atoms with Crippen LogP contribution in [0.15, 0.2) is 48.5 Å².